The van der Waals surface area contributed by atoms with E-state index in [0.29, 0.717) is 18.8 Å². The van der Waals surface area contributed by atoms with E-state index in [1.165, 1.54) is 22.5 Å². The van der Waals surface area contributed by atoms with E-state index in [9.17, 15) is 18.5 Å². The Bertz CT molecular complexity index is 812. The minimum Gasteiger partial charge on any atom is -0.376 e. The molecule has 0 saturated carbocycles. The van der Waals surface area contributed by atoms with Crippen molar-refractivity contribution in [3.05, 3.63) is 28.3 Å². The van der Waals surface area contributed by atoms with Crippen LogP contribution in [0.25, 0.3) is 0 Å². The zero-order chi connectivity index (χ0) is 21.8. The number of hydrogen-bond donors (Lipinski definition) is 1. The summed E-state index contributed by atoms with van der Waals surface area (Å²) in [6.07, 6.45) is 3.46. The molecule has 29 heavy (non-hydrogen) atoms. The van der Waals surface area contributed by atoms with Crippen molar-refractivity contribution in [2.45, 2.75) is 57.4 Å². The van der Waals surface area contributed by atoms with E-state index in [2.05, 4.69) is 31.0 Å². The molecule has 1 aliphatic heterocycles. The molecule has 1 heterocycles. The number of nitro benzene ring substituents is 1. The molecule has 0 aliphatic carbocycles. The molecule has 0 spiro atoms. The van der Waals surface area contributed by atoms with Gasteiger partial charge in [-0.1, -0.05) is 27.2 Å². The van der Waals surface area contributed by atoms with Gasteiger partial charge in [-0.3, -0.25) is 10.1 Å². The first-order valence-electron chi connectivity index (χ1n) is 10.1. The molecule has 2 rings (SSSR count). The zero-order valence-electron chi connectivity index (χ0n) is 18.1. The lowest BCUT2D eigenvalue weighted by molar-refractivity contribution is -0.384. The number of rotatable bonds is 8. The average Bonchev–Trinajstić information content (AvgIpc) is 2.64. The molecule has 164 valence electrons. The van der Waals surface area contributed by atoms with Crippen LogP contribution in [0.3, 0.4) is 0 Å². The van der Waals surface area contributed by atoms with Gasteiger partial charge in [-0.25, -0.2) is 8.42 Å². The number of sulfonamides is 1. The van der Waals surface area contributed by atoms with Crippen LogP contribution in [0.4, 0.5) is 11.4 Å². The SMILES string of the molecule is CN(C)CCC(Nc1ccc(S(=O)(=O)N2CCCCC2)cc1[N+](=O)[O-])C(C)(C)C. The van der Waals surface area contributed by atoms with Crippen molar-refractivity contribution in [1.82, 2.24) is 9.21 Å². The fraction of sp³-hybridized carbons (Fsp3) is 0.700. The molecular formula is C20H34N4O4S. The van der Waals surface area contributed by atoms with Crippen molar-refractivity contribution < 1.29 is 13.3 Å². The van der Waals surface area contributed by atoms with Crippen LogP contribution in [0, 0.1) is 15.5 Å². The van der Waals surface area contributed by atoms with Crippen molar-refractivity contribution in [2.24, 2.45) is 5.41 Å². The maximum atomic E-state index is 12.9. The van der Waals surface area contributed by atoms with Crippen LogP contribution in [-0.2, 0) is 10.0 Å². The Morgan fingerprint density at radius 3 is 2.34 bits per heavy atom. The third-order valence-corrected chi connectivity index (χ3v) is 7.25. The molecule has 1 saturated heterocycles. The lowest BCUT2D eigenvalue weighted by Crippen LogP contribution is -2.37. The van der Waals surface area contributed by atoms with Crippen LogP contribution >= 0.6 is 0 Å². The van der Waals surface area contributed by atoms with Crippen molar-refractivity contribution >= 4 is 21.4 Å². The Kier molecular flexibility index (Phi) is 7.64. The van der Waals surface area contributed by atoms with Crippen LogP contribution in [0.2, 0.25) is 0 Å². The average molecular weight is 427 g/mol. The fourth-order valence-corrected chi connectivity index (χ4v) is 5.03. The van der Waals surface area contributed by atoms with Gasteiger partial charge in [0.25, 0.3) is 5.69 Å². The Hall–Kier alpha value is -1.71. The van der Waals surface area contributed by atoms with Gasteiger partial charge in [0, 0.05) is 25.2 Å². The Morgan fingerprint density at radius 2 is 1.83 bits per heavy atom. The first-order valence-corrected chi connectivity index (χ1v) is 11.6. The quantitative estimate of drug-likeness (QED) is 0.504. The molecule has 1 atom stereocenters. The summed E-state index contributed by atoms with van der Waals surface area (Å²) < 4.78 is 27.2. The van der Waals surface area contributed by atoms with E-state index in [1.54, 1.807) is 0 Å². The number of hydrogen-bond acceptors (Lipinski definition) is 6. The number of anilines is 1. The molecule has 0 radical (unpaired) electrons. The van der Waals surface area contributed by atoms with Crippen LogP contribution in [-0.4, -0.2) is 62.3 Å². The molecule has 1 unspecified atom stereocenters. The lowest BCUT2D eigenvalue weighted by atomic mass is 9.84. The summed E-state index contributed by atoms with van der Waals surface area (Å²) in [7, 11) is 0.258. The highest BCUT2D eigenvalue weighted by molar-refractivity contribution is 7.89. The van der Waals surface area contributed by atoms with Gasteiger partial charge >= 0.3 is 0 Å². The van der Waals surface area contributed by atoms with Crippen LogP contribution in [0.5, 0.6) is 0 Å². The molecule has 0 bridgehead atoms. The maximum absolute atomic E-state index is 12.9. The van der Waals surface area contributed by atoms with Crippen molar-refractivity contribution in [2.75, 3.05) is 39.0 Å². The summed E-state index contributed by atoms with van der Waals surface area (Å²) in [5, 5.41) is 15.0. The number of nitrogens with one attached hydrogen (secondary N) is 1. The highest BCUT2D eigenvalue weighted by atomic mass is 32.2. The lowest BCUT2D eigenvalue weighted by Gasteiger charge is -2.33. The fourth-order valence-electron chi connectivity index (χ4n) is 3.50. The monoisotopic (exact) mass is 426 g/mol. The van der Waals surface area contributed by atoms with Gasteiger partial charge in [0.15, 0.2) is 0 Å². The van der Waals surface area contributed by atoms with Gasteiger partial charge in [0.1, 0.15) is 5.69 Å². The van der Waals surface area contributed by atoms with Crippen molar-refractivity contribution in [3.8, 4) is 0 Å². The molecule has 0 aromatic heterocycles. The second kappa shape index (κ2) is 9.40. The predicted octanol–water partition coefficient (Wildman–Crippen LogP) is 3.55. The first kappa shape index (κ1) is 23.6. The summed E-state index contributed by atoms with van der Waals surface area (Å²) in [5.74, 6) is 0. The summed E-state index contributed by atoms with van der Waals surface area (Å²) >= 11 is 0. The zero-order valence-corrected chi connectivity index (χ0v) is 19.0. The van der Waals surface area contributed by atoms with E-state index in [0.717, 1.165) is 32.2 Å². The summed E-state index contributed by atoms with van der Waals surface area (Å²) in [4.78, 5) is 13.3. The number of benzene rings is 1. The minimum atomic E-state index is -3.72. The Morgan fingerprint density at radius 1 is 1.21 bits per heavy atom. The van der Waals surface area contributed by atoms with Gasteiger partial charge < -0.3 is 10.2 Å². The molecule has 1 aliphatic rings. The molecule has 1 aromatic carbocycles. The Balaban J connectivity index is 2.34. The third-order valence-electron chi connectivity index (χ3n) is 5.36. The van der Waals surface area contributed by atoms with Crippen LogP contribution in [0.1, 0.15) is 46.5 Å². The standard InChI is InChI=1S/C20H34N4O4S/c1-20(2,3)19(11-14-22(4)5)21-17-10-9-16(15-18(17)24(25)26)29(27,28)23-12-7-6-8-13-23/h9-10,15,19,21H,6-8,11-14H2,1-5H3. The second-order valence-electron chi connectivity index (χ2n) is 9.06. The highest BCUT2D eigenvalue weighted by Crippen LogP contribution is 2.33. The van der Waals surface area contributed by atoms with E-state index in [-0.39, 0.29) is 22.0 Å². The van der Waals surface area contributed by atoms with Gasteiger partial charge in [-0.15, -0.1) is 0 Å². The minimum absolute atomic E-state index is 0.00634. The highest BCUT2D eigenvalue weighted by Gasteiger charge is 2.30. The summed E-state index contributed by atoms with van der Waals surface area (Å²) in [6, 6.07) is 4.19. The van der Waals surface area contributed by atoms with E-state index in [4.69, 9.17) is 0 Å². The molecule has 1 aromatic rings. The van der Waals surface area contributed by atoms with Crippen LogP contribution in [0.15, 0.2) is 23.1 Å². The topological polar surface area (TPSA) is 95.8 Å². The number of nitrogens with zero attached hydrogens (tertiary/aromatic N) is 3. The van der Waals surface area contributed by atoms with Gasteiger partial charge in [-0.2, -0.15) is 4.31 Å². The van der Waals surface area contributed by atoms with Crippen LogP contribution < -0.4 is 5.32 Å². The molecule has 1 N–H and O–H groups in total. The predicted molar refractivity (Wildman–Crippen MR) is 116 cm³/mol. The summed E-state index contributed by atoms with van der Waals surface area (Å²) in [5.41, 5.74) is 0.0241. The first-order chi connectivity index (χ1) is 13.4. The van der Waals surface area contributed by atoms with E-state index < -0.39 is 14.9 Å². The number of nitro groups is 1. The molecule has 8 nitrogen and oxygen atoms in total. The van der Waals surface area contributed by atoms with Gasteiger partial charge in [-0.05, 0) is 57.5 Å². The molecule has 9 heteroatoms. The number of piperidine rings is 1. The van der Waals surface area contributed by atoms with E-state index in [1.807, 2.05) is 14.1 Å². The summed E-state index contributed by atoms with van der Waals surface area (Å²) in [6.45, 7) is 8.02. The van der Waals surface area contributed by atoms with Crippen molar-refractivity contribution in [1.29, 1.82) is 0 Å². The molecule has 1 fully saturated rings. The van der Waals surface area contributed by atoms with Crippen molar-refractivity contribution in [3.63, 3.8) is 0 Å². The largest absolute Gasteiger partial charge is 0.376 e. The smallest absolute Gasteiger partial charge is 0.293 e. The Labute approximate surface area is 174 Å². The van der Waals surface area contributed by atoms with Gasteiger partial charge in [0.2, 0.25) is 10.0 Å². The van der Waals surface area contributed by atoms with E-state index >= 15 is 0 Å². The maximum Gasteiger partial charge on any atom is 0.293 e. The normalized spacial score (nSPS) is 17.3. The van der Waals surface area contributed by atoms with Gasteiger partial charge in [0.05, 0.1) is 9.82 Å². The molecule has 0 amide bonds. The third kappa shape index (κ3) is 6.13. The molecular weight excluding hydrogens is 392 g/mol. The second-order valence-corrected chi connectivity index (χ2v) is 11.0.